The zero-order valence-electron chi connectivity index (χ0n) is 15.5. The minimum absolute atomic E-state index is 0.0723. The lowest BCUT2D eigenvalue weighted by molar-refractivity contribution is -0.0803. The van der Waals surface area contributed by atoms with Gasteiger partial charge in [0.1, 0.15) is 0 Å². The summed E-state index contributed by atoms with van der Waals surface area (Å²) in [6, 6.07) is 9.02. The molecule has 0 spiro atoms. The monoisotopic (exact) mass is 366 g/mol. The topological polar surface area (TPSA) is 9.23 Å². The molecular weight excluding hydrogens is 337 g/mol. The number of alkyl halides is 3. The molecule has 0 unspecified atom stereocenters. The van der Waals surface area contributed by atoms with Crippen molar-refractivity contribution in [3.8, 4) is 0 Å². The maximum atomic E-state index is 12.3. The number of allylic oxidation sites excluding steroid dienone is 2. The maximum Gasteiger partial charge on any atom is 0.409 e. The van der Waals surface area contributed by atoms with E-state index >= 15 is 0 Å². The number of hydrogen-bond acceptors (Lipinski definition) is 1. The third-order valence-electron chi connectivity index (χ3n) is 6.22. The summed E-state index contributed by atoms with van der Waals surface area (Å²) in [4.78, 5) is 0. The third kappa shape index (κ3) is 5.35. The molecule has 0 radical (unpaired) electrons. The highest BCUT2D eigenvalue weighted by atomic mass is 19.4. The zero-order valence-corrected chi connectivity index (χ0v) is 15.5. The second kappa shape index (κ2) is 8.60. The lowest BCUT2D eigenvalue weighted by atomic mass is 9.77. The van der Waals surface area contributed by atoms with Gasteiger partial charge in [0, 0.05) is 13.2 Å². The minimum Gasteiger partial charge on any atom is -0.381 e. The largest absolute Gasteiger partial charge is 0.409 e. The first-order chi connectivity index (χ1) is 12.4. The van der Waals surface area contributed by atoms with Crippen molar-refractivity contribution in [2.24, 2.45) is 5.92 Å². The Morgan fingerprint density at radius 3 is 1.69 bits per heavy atom. The maximum absolute atomic E-state index is 12.3. The van der Waals surface area contributed by atoms with Crippen LogP contribution in [0.4, 0.5) is 13.2 Å². The zero-order chi connectivity index (χ0) is 18.6. The Kier molecular flexibility index (Phi) is 6.44. The van der Waals surface area contributed by atoms with Crippen LogP contribution in [0.25, 0.3) is 0 Å². The molecule has 3 rings (SSSR count). The van der Waals surface area contributed by atoms with Crippen LogP contribution in [0.5, 0.6) is 0 Å². The van der Waals surface area contributed by atoms with Crippen LogP contribution in [-0.4, -0.2) is 19.4 Å². The summed E-state index contributed by atoms with van der Waals surface area (Å²) in [5.74, 6) is 1.20. The Balaban J connectivity index is 1.51. The Hall–Kier alpha value is -1.29. The molecule has 0 aromatic heterocycles. The van der Waals surface area contributed by atoms with Gasteiger partial charge >= 0.3 is 6.18 Å². The van der Waals surface area contributed by atoms with Crippen molar-refractivity contribution in [3.05, 3.63) is 47.5 Å². The molecule has 0 heterocycles. The number of methoxy groups -OCH3 is 1. The summed E-state index contributed by atoms with van der Waals surface area (Å²) >= 11 is 0. The first-order valence-corrected chi connectivity index (χ1v) is 9.83. The normalized spacial score (nSPS) is 30.6. The highest BCUT2D eigenvalue weighted by Crippen LogP contribution is 2.38. The molecule has 2 fully saturated rings. The van der Waals surface area contributed by atoms with E-state index < -0.39 is 6.18 Å². The van der Waals surface area contributed by atoms with E-state index in [0.717, 1.165) is 38.5 Å². The van der Waals surface area contributed by atoms with Crippen molar-refractivity contribution in [2.75, 3.05) is 7.11 Å². The van der Waals surface area contributed by atoms with Crippen molar-refractivity contribution in [3.63, 3.8) is 0 Å². The number of rotatable bonds is 4. The molecular formula is C22H29F3O. The van der Waals surface area contributed by atoms with Crippen LogP contribution in [-0.2, 0) is 4.74 Å². The van der Waals surface area contributed by atoms with Gasteiger partial charge < -0.3 is 4.74 Å². The van der Waals surface area contributed by atoms with E-state index in [2.05, 4.69) is 24.3 Å². The van der Waals surface area contributed by atoms with Crippen LogP contribution in [0.2, 0.25) is 0 Å². The van der Waals surface area contributed by atoms with Gasteiger partial charge in [-0.15, -0.1) is 0 Å². The van der Waals surface area contributed by atoms with Crippen molar-refractivity contribution in [1.29, 1.82) is 0 Å². The first-order valence-electron chi connectivity index (χ1n) is 9.83. The number of halogens is 3. The van der Waals surface area contributed by atoms with E-state index in [-0.39, 0.29) is 5.92 Å². The smallest absolute Gasteiger partial charge is 0.381 e. The third-order valence-corrected chi connectivity index (χ3v) is 6.22. The van der Waals surface area contributed by atoms with Crippen LogP contribution < -0.4 is 0 Å². The van der Waals surface area contributed by atoms with Gasteiger partial charge in [-0.2, -0.15) is 13.2 Å². The molecule has 26 heavy (non-hydrogen) atoms. The van der Waals surface area contributed by atoms with Gasteiger partial charge in [0.15, 0.2) is 0 Å². The SMILES string of the molecule is CO[C@H]1CC[C@H](c2ccc([C@H]3CC[C@H](C=CC(F)(F)F)CC3)cc2)CC1. The Morgan fingerprint density at radius 1 is 0.808 bits per heavy atom. The van der Waals surface area contributed by atoms with E-state index in [1.165, 1.54) is 30.0 Å². The highest BCUT2D eigenvalue weighted by Gasteiger charge is 2.26. The molecule has 1 nitrogen and oxygen atoms in total. The Labute approximate surface area is 154 Å². The second-order valence-electron chi connectivity index (χ2n) is 7.89. The van der Waals surface area contributed by atoms with Crippen molar-refractivity contribution in [2.45, 2.75) is 75.5 Å². The Bertz CT molecular complexity index is 574. The molecule has 2 saturated carbocycles. The molecule has 0 N–H and O–H groups in total. The molecule has 0 aliphatic heterocycles. The summed E-state index contributed by atoms with van der Waals surface area (Å²) in [6.45, 7) is 0. The van der Waals surface area contributed by atoms with E-state index in [4.69, 9.17) is 4.74 Å². The molecule has 2 aliphatic carbocycles. The molecule has 0 saturated heterocycles. The average Bonchev–Trinajstić information content (AvgIpc) is 2.66. The van der Waals surface area contributed by atoms with Gasteiger partial charge in [-0.05, 0) is 80.2 Å². The lowest BCUT2D eigenvalue weighted by Crippen LogP contribution is -2.19. The molecule has 0 amide bonds. The fourth-order valence-electron chi connectivity index (χ4n) is 4.56. The standard InChI is InChI=1S/C22H29F3O/c1-26-21-12-10-20(11-13-21)19-8-6-18(7-9-19)17-4-2-16(3-5-17)14-15-22(23,24)25/h6-9,14-17,20-21H,2-5,10-13H2,1H3/t16-,17-,20-,21-. The molecule has 1 aromatic carbocycles. The molecule has 1 aromatic rings. The summed E-state index contributed by atoms with van der Waals surface area (Å²) in [5, 5.41) is 0. The van der Waals surface area contributed by atoms with E-state index in [1.54, 1.807) is 7.11 Å². The molecule has 2 aliphatic rings. The summed E-state index contributed by atoms with van der Waals surface area (Å²) < 4.78 is 42.3. The lowest BCUT2D eigenvalue weighted by Gasteiger charge is -2.29. The van der Waals surface area contributed by atoms with Crippen LogP contribution in [0, 0.1) is 5.92 Å². The Morgan fingerprint density at radius 2 is 1.27 bits per heavy atom. The first kappa shape index (κ1) is 19.5. The van der Waals surface area contributed by atoms with Gasteiger partial charge in [-0.1, -0.05) is 30.3 Å². The van der Waals surface area contributed by atoms with Crippen LogP contribution in [0.1, 0.15) is 74.3 Å². The molecule has 144 valence electrons. The van der Waals surface area contributed by atoms with E-state index in [0.29, 0.717) is 24.0 Å². The van der Waals surface area contributed by atoms with Crippen molar-refractivity contribution in [1.82, 2.24) is 0 Å². The van der Waals surface area contributed by atoms with Crippen LogP contribution in [0.3, 0.4) is 0 Å². The van der Waals surface area contributed by atoms with Gasteiger partial charge in [0.25, 0.3) is 0 Å². The summed E-state index contributed by atoms with van der Waals surface area (Å²) in [7, 11) is 1.80. The molecule has 0 bridgehead atoms. The van der Waals surface area contributed by atoms with E-state index in [1.807, 2.05) is 0 Å². The number of benzene rings is 1. The van der Waals surface area contributed by atoms with Crippen LogP contribution in [0.15, 0.2) is 36.4 Å². The van der Waals surface area contributed by atoms with Gasteiger partial charge in [-0.25, -0.2) is 0 Å². The fourth-order valence-corrected chi connectivity index (χ4v) is 4.56. The predicted molar refractivity (Wildman–Crippen MR) is 98.3 cm³/mol. The highest BCUT2D eigenvalue weighted by molar-refractivity contribution is 5.28. The second-order valence-corrected chi connectivity index (χ2v) is 7.89. The summed E-state index contributed by atoms with van der Waals surface area (Å²) in [5.41, 5.74) is 2.77. The quantitative estimate of drug-likeness (QED) is 0.535. The van der Waals surface area contributed by atoms with Gasteiger partial charge in [0.05, 0.1) is 6.10 Å². The summed E-state index contributed by atoms with van der Waals surface area (Å²) in [6.07, 6.45) is 6.30. The number of ether oxygens (including phenoxy) is 1. The predicted octanol–water partition coefficient (Wildman–Crippen LogP) is 6.75. The van der Waals surface area contributed by atoms with Gasteiger partial charge in [-0.3, -0.25) is 0 Å². The number of hydrogen-bond donors (Lipinski definition) is 0. The van der Waals surface area contributed by atoms with Gasteiger partial charge in [0.2, 0.25) is 0 Å². The minimum atomic E-state index is -4.19. The van der Waals surface area contributed by atoms with Crippen molar-refractivity contribution >= 4 is 0 Å². The fraction of sp³-hybridized carbons (Fsp3) is 0.636. The van der Waals surface area contributed by atoms with Crippen LogP contribution >= 0.6 is 0 Å². The van der Waals surface area contributed by atoms with E-state index in [9.17, 15) is 13.2 Å². The average molecular weight is 366 g/mol. The molecule has 0 atom stereocenters. The van der Waals surface area contributed by atoms with Crippen molar-refractivity contribution < 1.29 is 17.9 Å². The molecule has 4 heteroatoms.